The van der Waals surface area contributed by atoms with Crippen LogP contribution in [0.15, 0.2) is 60.8 Å². The molecule has 0 N–H and O–H groups in total. The molecule has 0 bridgehead atoms. The van der Waals surface area contributed by atoms with Gasteiger partial charge < -0.3 is 0 Å². The zero-order valence-corrected chi connectivity index (χ0v) is 12.6. The summed E-state index contributed by atoms with van der Waals surface area (Å²) >= 11 is 0. The zero-order valence-electron chi connectivity index (χ0n) is 12.6. The van der Waals surface area contributed by atoms with Crippen molar-refractivity contribution in [2.24, 2.45) is 0 Å². The van der Waals surface area contributed by atoms with Gasteiger partial charge in [-0.05, 0) is 30.3 Å². The van der Waals surface area contributed by atoms with Gasteiger partial charge in [-0.25, -0.2) is 9.97 Å². The lowest BCUT2D eigenvalue weighted by Gasteiger charge is -2.08. The molecule has 1 heterocycles. The molecule has 126 valence electrons. The summed E-state index contributed by atoms with van der Waals surface area (Å²) in [6.07, 6.45) is -2.92. The molecule has 2 aromatic carbocycles. The van der Waals surface area contributed by atoms with Gasteiger partial charge in [-0.15, -0.1) is 0 Å². The maximum Gasteiger partial charge on any atom is 0.416 e. The third kappa shape index (κ3) is 3.63. The Labute approximate surface area is 139 Å². The first-order valence-electron chi connectivity index (χ1n) is 7.10. The van der Waals surface area contributed by atoms with E-state index < -0.39 is 16.7 Å². The molecule has 8 heteroatoms. The number of hydrogen-bond acceptors (Lipinski definition) is 4. The highest BCUT2D eigenvalue weighted by atomic mass is 19.4. The molecule has 1 aromatic heterocycles. The lowest BCUT2D eigenvalue weighted by atomic mass is 10.1. The van der Waals surface area contributed by atoms with Gasteiger partial charge in [0, 0.05) is 29.5 Å². The van der Waals surface area contributed by atoms with Crippen LogP contribution >= 0.6 is 0 Å². The topological polar surface area (TPSA) is 68.9 Å². The summed E-state index contributed by atoms with van der Waals surface area (Å²) in [6, 6.07) is 12.0. The summed E-state index contributed by atoms with van der Waals surface area (Å²) in [7, 11) is 0. The van der Waals surface area contributed by atoms with Crippen LogP contribution in [0.25, 0.3) is 22.6 Å². The molecule has 0 aliphatic carbocycles. The quantitative estimate of drug-likeness (QED) is 0.508. The molecular formula is C17H10F3N3O2. The van der Waals surface area contributed by atoms with Crippen molar-refractivity contribution in [3.63, 3.8) is 0 Å². The van der Waals surface area contributed by atoms with E-state index in [0.717, 1.165) is 12.1 Å². The van der Waals surface area contributed by atoms with Crippen molar-refractivity contribution < 1.29 is 18.1 Å². The Morgan fingerprint density at radius 3 is 2.04 bits per heavy atom. The summed E-state index contributed by atoms with van der Waals surface area (Å²) in [4.78, 5) is 18.6. The van der Waals surface area contributed by atoms with Crippen LogP contribution in [0.4, 0.5) is 18.9 Å². The van der Waals surface area contributed by atoms with Gasteiger partial charge in [0.05, 0.1) is 16.2 Å². The summed E-state index contributed by atoms with van der Waals surface area (Å²) in [5.41, 5.74) is 0.807. The molecule has 0 fully saturated rings. The second kappa shape index (κ2) is 6.31. The van der Waals surface area contributed by atoms with E-state index in [9.17, 15) is 23.3 Å². The average molecular weight is 345 g/mol. The number of nitro benzene ring substituents is 1. The van der Waals surface area contributed by atoms with E-state index >= 15 is 0 Å². The molecule has 0 saturated carbocycles. The van der Waals surface area contributed by atoms with E-state index in [1.54, 1.807) is 18.2 Å². The summed E-state index contributed by atoms with van der Waals surface area (Å²) in [5, 5.41) is 10.7. The average Bonchev–Trinajstić information content (AvgIpc) is 2.61. The SMILES string of the molecule is O=[N+]([O-])c1ccc(-c2ccnc(-c3ccc(C(F)(F)F)cc3)n2)cc1. The fourth-order valence-electron chi connectivity index (χ4n) is 2.22. The molecular weight excluding hydrogens is 335 g/mol. The largest absolute Gasteiger partial charge is 0.416 e. The number of nitro groups is 1. The van der Waals surface area contributed by atoms with Crippen LogP contribution in [-0.4, -0.2) is 14.9 Å². The van der Waals surface area contributed by atoms with Gasteiger partial charge in [0.25, 0.3) is 5.69 Å². The van der Waals surface area contributed by atoms with E-state index in [4.69, 9.17) is 0 Å². The number of benzene rings is 2. The lowest BCUT2D eigenvalue weighted by molar-refractivity contribution is -0.384. The molecule has 0 amide bonds. The van der Waals surface area contributed by atoms with Crippen molar-refractivity contribution in [2.75, 3.05) is 0 Å². The second-order valence-electron chi connectivity index (χ2n) is 5.14. The Morgan fingerprint density at radius 2 is 1.48 bits per heavy atom. The lowest BCUT2D eigenvalue weighted by Crippen LogP contribution is -2.04. The molecule has 3 aromatic rings. The zero-order chi connectivity index (χ0) is 18.0. The van der Waals surface area contributed by atoms with E-state index in [1.807, 2.05) is 0 Å². The molecule has 0 atom stereocenters. The normalized spacial score (nSPS) is 11.3. The Bertz CT molecular complexity index is 908. The van der Waals surface area contributed by atoms with Gasteiger partial charge in [-0.2, -0.15) is 13.2 Å². The van der Waals surface area contributed by atoms with Gasteiger partial charge >= 0.3 is 6.18 Å². The van der Waals surface area contributed by atoms with Crippen molar-refractivity contribution in [1.82, 2.24) is 9.97 Å². The standard InChI is InChI=1S/C17H10F3N3O2/c18-17(19,20)13-5-1-12(2-6-13)16-21-10-9-15(22-16)11-3-7-14(8-4-11)23(24)25/h1-10H. The first kappa shape index (κ1) is 16.6. The second-order valence-corrected chi connectivity index (χ2v) is 5.14. The van der Waals surface area contributed by atoms with Crippen molar-refractivity contribution >= 4 is 5.69 Å². The molecule has 5 nitrogen and oxygen atoms in total. The van der Waals surface area contributed by atoms with E-state index in [1.165, 1.54) is 30.5 Å². The van der Waals surface area contributed by atoms with Crippen LogP contribution in [0.5, 0.6) is 0 Å². The minimum atomic E-state index is -4.40. The molecule has 0 spiro atoms. The Kier molecular flexibility index (Phi) is 4.18. The number of alkyl halides is 3. The highest BCUT2D eigenvalue weighted by molar-refractivity contribution is 5.64. The van der Waals surface area contributed by atoms with Crippen LogP contribution in [0.3, 0.4) is 0 Å². The highest BCUT2D eigenvalue weighted by Crippen LogP contribution is 2.30. The van der Waals surface area contributed by atoms with Gasteiger partial charge in [0.15, 0.2) is 5.82 Å². The fraction of sp³-hybridized carbons (Fsp3) is 0.0588. The maximum atomic E-state index is 12.6. The minimum Gasteiger partial charge on any atom is -0.258 e. The highest BCUT2D eigenvalue weighted by Gasteiger charge is 2.30. The number of rotatable bonds is 3. The number of non-ortho nitro benzene ring substituents is 1. The van der Waals surface area contributed by atoms with Crippen molar-refractivity contribution in [3.05, 3.63) is 76.5 Å². The minimum absolute atomic E-state index is 0.0410. The number of aromatic nitrogens is 2. The summed E-state index contributed by atoms with van der Waals surface area (Å²) in [6.45, 7) is 0. The van der Waals surface area contributed by atoms with E-state index in [-0.39, 0.29) is 11.5 Å². The first-order chi connectivity index (χ1) is 11.8. The molecule has 0 aliphatic heterocycles. The summed E-state index contributed by atoms with van der Waals surface area (Å²) < 4.78 is 37.9. The van der Waals surface area contributed by atoms with Crippen LogP contribution in [0.2, 0.25) is 0 Å². The number of nitrogens with zero attached hydrogens (tertiary/aromatic N) is 3. The van der Waals surface area contributed by atoms with Crippen LogP contribution in [0, 0.1) is 10.1 Å². The number of hydrogen-bond donors (Lipinski definition) is 0. The van der Waals surface area contributed by atoms with Crippen molar-refractivity contribution in [1.29, 1.82) is 0 Å². The van der Waals surface area contributed by atoms with E-state index in [0.29, 0.717) is 16.8 Å². The third-order valence-corrected chi connectivity index (χ3v) is 3.50. The monoisotopic (exact) mass is 345 g/mol. The predicted octanol–water partition coefficient (Wildman–Crippen LogP) is 4.74. The molecule has 0 aliphatic rings. The van der Waals surface area contributed by atoms with Crippen LogP contribution in [-0.2, 0) is 6.18 Å². The van der Waals surface area contributed by atoms with Crippen LogP contribution in [0.1, 0.15) is 5.56 Å². The Balaban J connectivity index is 1.92. The Hall–Kier alpha value is -3.29. The molecule has 0 saturated heterocycles. The Morgan fingerprint density at radius 1 is 0.880 bits per heavy atom. The molecule has 0 radical (unpaired) electrons. The van der Waals surface area contributed by atoms with Crippen molar-refractivity contribution in [3.8, 4) is 22.6 Å². The van der Waals surface area contributed by atoms with Gasteiger partial charge in [0.2, 0.25) is 0 Å². The summed E-state index contributed by atoms with van der Waals surface area (Å²) in [5.74, 6) is 0.268. The van der Waals surface area contributed by atoms with Crippen LogP contribution < -0.4 is 0 Å². The molecule has 0 unspecified atom stereocenters. The maximum absolute atomic E-state index is 12.6. The van der Waals surface area contributed by atoms with E-state index in [2.05, 4.69) is 9.97 Å². The predicted molar refractivity (Wildman–Crippen MR) is 84.6 cm³/mol. The fourth-order valence-corrected chi connectivity index (χ4v) is 2.22. The number of halogens is 3. The smallest absolute Gasteiger partial charge is 0.258 e. The van der Waals surface area contributed by atoms with Gasteiger partial charge in [0.1, 0.15) is 0 Å². The molecule has 25 heavy (non-hydrogen) atoms. The molecule has 3 rings (SSSR count). The van der Waals surface area contributed by atoms with Gasteiger partial charge in [-0.1, -0.05) is 12.1 Å². The third-order valence-electron chi connectivity index (χ3n) is 3.50. The first-order valence-corrected chi connectivity index (χ1v) is 7.10. The van der Waals surface area contributed by atoms with Gasteiger partial charge in [-0.3, -0.25) is 10.1 Å². The van der Waals surface area contributed by atoms with Crippen molar-refractivity contribution in [2.45, 2.75) is 6.18 Å².